The van der Waals surface area contributed by atoms with E-state index >= 15 is 0 Å². The van der Waals surface area contributed by atoms with Crippen LogP contribution in [0, 0.1) is 0 Å². The van der Waals surface area contributed by atoms with E-state index in [9.17, 15) is 0 Å². The molecule has 0 amide bonds. The summed E-state index contributed by atoms with van der Waals surface area (Å²) in [4.78, 5) is 0. The summed E-state index contributed by atoms with van der Waals surface area (Å²) >= 11 is 0. The number of hydrogen-bond acceptors (Lipinski definition) is 0. The Morgan fingerprint density at radius 2 is 2.33 bits per heavy atom. The predicted molar refractivity (Wildman–Crippen MR) is 33.0 cm³/mol. The first-order chi connectivity index (χ1) is 2.50. The van der Waals surface area contributed by atoms with Gasteiger partial charge in [-0.05, 0) is 28.0 Å². The Labute approximate surface area is 45.4 Å². The highest BCUT2D eigenvalue weighted by atomic mass is 28.2. The minimum absolute atomic E-state index is 0. The minimum atomic E-state index is 0. The molecule has 1 aliphatic rings. The first kappa shape index (κ1) is 6.30. The summed E-state index contributed by atoms with van der Waals surface area (Å²) in [7, 11) is 0.801. The summed E-state index contributed by atoms with van der Waals surface area (Å²) in [5, 5.41) is 0. The van der Waals surface area contributed by atoms with E-state index in [0.717, 1.165) is 9.13 Å². The van der Waals surface area contributed by atoms with Gasteiger partial charge in [-0.25, -0.2) is 0 Å². The lowest BCUT2D eigenvalue weighted by Crippen LogP contribution is -1.60. The molecule has 1 rings (SSSR count). The van der Waals surface area contributed by atoms with Gasteiger partial charge in [-0.2, -0.15) is 0 Å². The average Bonchev–Trinajstić information content (AvgIpc) is 1.76. The predicted octanol–water partition coefficient (Wildman–Crippen LogP) is 0.0564. The van der Waals surface area contributed by atoms with E-state index in [1.807, 2.05) is 0 Å². The molecule has 1 aliphatic heterocycles. The highest BCUT2D eigenvalue weighted by Gasteiger charge is 1.85. The largest absolute Gasteiger partial charge is 0.106 e. The molecule has 0 aromatic carbocycles. The van der Waals surface area contributed by atoms with Crippen molar-refractivity contribution in [1.82, 2.24) is 0 Å². The standard InChI is InChI=1S/C4H8Si.Si/c1-2-4-5-3-1;/h3,5H,1-2,4H2;. The second kappa shape index (κ2) is 3.49. The Hall–Kier alpha value is 0.304. The van der Waals surface area contributed by atoms with E-state index in [1.54, 1.807) is 0 Å². The first-order valence-electron chi connectivity index (χ1n) is 2.15. The van der Waals surface area contributed by atoms with E-state index in [1.165, 1.54) is 18.9 Å². The molecule has 0 saturated carbocycles. The second-order valence-electron chi connectivity index (χ2n) is 1.40. The van der Waals surface area contributed by atoms with E-state index in [4.69, 9.17) is 0 Å². The molecule has 0 unspecified atom stereocenters. The van der Waals surface area contributed by atoms with Gasteiger partial charge < -0.3 is 0 Å². The molecule has 0 N–H and O–H groups in total. The third-order valence-electron chi connectivity index (χ3n) is 0.908. The summed E-state index contributed by atoms with van der Waals surface area (Å²) in [5.74, 6) is 0. The van der Waals surface area contributed by atoms with Crippen LogP contribution in [0.1, 0.15) is 12.8 Å². The third kappa shape index (κ3) is 1.67. The van der Waals surface area contributed by atoms with Crippen LogP contribution in [0.5, 0.6) is 0 Å². The van der Waals surface area contributed by atoms with Crippen LogP contribution < -0.4 is 0 Å². The normalized spacial score (nSPS) is 17.3. The maximum Gasteiger partial charge on any atom is 0 e. The van der Waals surface area contributed by atoms with Crippen molar-refractivity contribution in [2.45, 2.75) is 18.9 Å². The average molecular weight is 112 g/mol. The number of hydrogen-bond donors (Lipinski definition) is 0. The lowest BCUT2D eigenvalue weighted by Gasteiger charge is -1.69. The van der Waals surface area contributed by atoms with Gasteiger partial charge in [0.05, 0.1) is 0 Å². The molecule has 32 valence electrons. The Balaban J connectivity index is 0.000000250. The fraction of sp³-hybridized carbons (Fsp3) is 0.750. The van der Waals surface area contributed by atoms with Crippen LogP contribution in [-0.4, -0.2) is 25.8 Å². The van der Waals surface area contributed by atoms with Crippen molar-refractivity contribution in [2.24, 2.45) is 0 Å². The second-order valence-corrected chi connectivity index (χ2v) is 2.92. The number of rotatable bonds is 0. The van der Waals surface area contributed by atoms with Crippen LogP contribution in [0.15, 0.2) is 0 Å². The van der Waals surface area contributed by atoms with Gasteiger partial charge in [0.2, 0.25) is 0 Å². The Morgan fingerprint density at radius 1 is 1.50 bits per heavy atom. The Morgan fingerprint density at radius 3 is 2.50 bits per heavy atom. The zero-order chi connectivity index (χ0) is 3.54. The highest BCUT2D eigenvalue weighted by Crippen LogP contribution is 1.94. The van der Waals surface area contributed by atoms with Crippen LogP contribution in [0.25, 0.3) is 0 Å². The maximum absolute atomic E-state index is 2.44. The van der Waals surface area contributed by atoms with Gasteiger partial charge >= 0.3 is 0 Å². The minimum Gasteiger partial charge on any atom is -0.106 e. The molecule has 0 aliphatic carbocycles. The highest BCUT2D eigenvalue weighted by molar-refractivity contribution is 6.48. The lowest BCUT2D eigenvalue weighted by molar-refractivity contribution is 1.03. The fourth-order valence-corrected chi connectivity index (χ4v) is 1.77. The van der Waals surface area contributed by atoms with Crippen molar-refractivity contribution >= 4 is 25.8 Å². The van der Waals surface area contributed by atoms with Gasteiger partial charge in [0, 0.05) is 11.0 Å². The lowest BCUT2D eigenvalue weighted by atomic mass is 10.4. The molecular formula is C4H8Si2. The van der Waals surface area contributed by atoms with Gasteiger partial charge in [0.1, 0.15) is 0 Å². The summed E-state index contributed by atoms with van der Waals surface area (Å²) < 4.78 is 0. The van der Waals surface area contributed by atoms with Crippen LogP contribution >= 0.6 is 0 Å². The van der Waals surface area contributed by atoms with E-state index in [2.05, 4.69) is 5.67 Å². The molecule has 2 heteroatoms. The molecule has 0 bridgehead atoms. The van der Waals surface area contributed by atoms with E-state index < -0.39 is 0 Å². The SMILES string of the molecule is C1=[SiH]CCC1.[Si]. The molecule has 1 heterocycles. The van der Waals surface area contributed by atoms with Crippen molar-refractivity contribution in [3.63, 3.8) is 0 Å². The Bertz CT molecular complexity index is 43.5. The van der Waals surface area contributed by atoms with Crippen LogP contribution in [0.2, 0.25) is 6.04 Å². The summed E-state index contributed by atoms with van der Waals surface area (Å²) in [6.07, 6.45) is 2.89. The van der Waals surface area contributed by atoms with Gasteiger partial charge in [-0.1, -0.05) is 0 Å². The molecule has 4 radical (unpaired) electrons. The van der Waals surface area contributed by atoms with Crippen LogP contribution in [0.4, 0.5) is 0 Å². The topological polar surface area (TPSA) is 0 Å². The van der Waals surface area contributed by atoms with Crippen molar-refractivity contribution in [2.75, 3.05) is 0 Å². The third-order valence-corrected chi connectivity index (χ3v) is 2.32. The zero-order valence-electron chi connectivity index (χ0n) is 3.78. The molecule has 6 heavy (non-hydrogen) atoms. The molecular weight excluding hydrogens is 104 g/mol. The quantitative estimate of drug-likeness (QED) is 0.389. The van der Waals surface area contributed by atoms with Gasteiger partial charge in [-0.15, -0.1) is 5.67 Å². The molecule has 0 fully saturated rings. The smallest absolute Gasteiger partial charge is 0 e. The van der Waals surface area contributed by atoms with Gasteiger partial charge in [-0.3, -0.25) is 0 Å². The van der Waals surface area contributed by atoms with Crippen molar-refractivity contribution < 1.29 is 0 Å². The van der Waals surface area contributed by atoms with E-state index in [-0.39, 0.29) is 11.0 Å². The fourth-order valence-electron chi connectivity index (χ4n) is 0.589. The zero-order valence-corrected chi connectivity index (χ0v) is 5.93. The van der Waals surface area contributed by atoms with E-state index in [0.29, 0.717) is 0 Å². The first-order valence-corrected chi connectivity index (χ1v) is 3.63. The monoisotopic (exact) mass is 112 g/mol. The maximum atomic E-state index is 2.44. The molecule has 0 aromatic heterocycles. The summed E-state index contributed by atoms with van der Waals surface area (Å²) in [5.41, 5.74) is 2.44. The molecule has 0 saturated heterocycles. The molecule has 0 spiro atoms. The Kier molecular flexibility index (Phi) is 3.67. The molecule has 0 nitrogen and oxygen atoms in total. The van der Waals surface area contributed by atoms with Gasteiger partial charge in [0.25, 0.3) is 0 Å². The summed E-state index contributed by atoms with van der Waals surface area (Å²) in [6, 6.07) is 1.53. The van der Waals surface area contributed by atoms with Gasteiger partial charge in [0.15, 0.2) is 0 Å². The molecule has 0 aromatic rings. The summed E-state index contributed by atoms with van der Waals surface area (Å²) in [6.45, 7) is 0. The van der Waals surface area contributed by atoms with Crippen molar-refractivity contribution in [3.8, 4) is 0 Å². The van der Waals surface area contributed by atoms with Crippen molar-refractivity contribution in [1.29, 1.82) is 0 Å². The van der Waals surface area contributed by atoms with Crippen LogP contribution in [-0.2, 0) is 0 Å². The molecule has 0 atom stereocenters. The van der Waals surface area contributed by atoms with Crippen LogP contribution in [0.3, 0.4) is 0 Å². The van der Waals surface area contributed by atoms with Crippen molar-refractivity contribution in [3.05, 3.63) is 0 Å².